The van der Waals surface area contributed by atoms with Crippen molar-refractivity contribution in [2.75, 3.05) is 13.1 Å². The average Bonchev–Trinajstić information content (AvgIpc) is 2.77. The maximum absolute atomic E-state index is 11.4. The van der Waals surface area contributed by atoms with Crippen LogP contribution in [0.1, 0.15) is 35.6 Å². The minimum atomic E-state index is -0.680. The predicted molar refractivity (Wildman–Crippen MR) is 118 cm³/mol. The maximum Gasteiger partial charge on any atom is 0.306 e. The number of aryl methyl sites for hydroxylation is 1. The third-order valence-electron chi connectivity index (χ3n) is 5.88. The summed E-state index contributed by atoms with van der Waals surface area (Å²) < 4.78 is 6.07. The normalized spacial score (nSPS) is 16.2. The zero-order chi connectivity index (χ0) is 20.9. The molecule has 0 radical (unpaired) electrons. The number of carbonyl (C=O) groups is 1. The molecule has 0 amide bonds. The molecular weight excluding hydrogens is 374 g/mol. The molecule has 0 aliphatic carbocycles. The van der Waals surface area contributed by atoms with Crippen molar-refractivity contribution < 1.29 is 14.6 Å². The lowest BCUT2D eigenvalue weighted by molar-refractivity contribution is -0.143. The van der Waals surface area contributed by atoms with Crippen molar-refractivity contribution in [1.29, 1.82) is 0 Å². The molecule has 1 aliphatic heterocycles. The van der Waals surface area contributed by atoms with Gasteiger partial charge in [-0.3, -0.25) is 9.69 Å². The molecule has 0 aromatic heterocycles. The van der Waals surface area contributed by atoms with Gasteiger partial charge in [-0.15, -0.1) is 0 Å². The van der Waals surface area contributed by atoms with E-state index in [-0.39, 0.29) is 12.0 Å². The van der Waals surface area contributed by atoms with Gasteiger partial charge < -0.3 is 9.84 Å². The van der Waals surface area contributed by atoms with E-state index in [2.05, 4.69) is 48.2 Å². The summed E-state index contributed by atoms with van der Waals surface area (Å²) in [5, 5.41) is 9.38. The standard InChI is InChI=1S/C26H27NO3/c1-19-8-5-6-13-24(19)25(27-16-14-20(15-17-27)26(28)29)21-9-7-12-23(18-21)30-22-10-3-2-4-11-22/h2-13,18,20,25H,14-17H2,1H3,(H,28,29). The molecule has 1 fully saturated rings. The first-order valence-electron chi connectivity index (χ1n) is 10.5. The molecular formula is C26H27NO3. The lowest BCUT2D eigenvalue weighted by Gasteiger charge is -2.37. The number of hydrogen-bond donors (Lipinski definition) is 1. The van der Waals surface area contributed by atoms with Crippen molar-refractivity contribution in [3.63, 3.8) is 0 Å². The fourth-order valence-electron chi connectivity index (χ4n) is 4.26. The molecule has 3 aromatic carbocycles. The van der Waals surface area contributed by atoms with Crippen LogP contribution in [0.25, 0.3) is 0 Å². The van der Waals surface area contributed by atoms with Gasteiger partial charge in [0, 0.05) is 0 Å². The summed E-state index contributed by atoms with van der Waals surface area (Å²) in [5.74, 6) is 0.689. The van der Waals surface area contributed by atoms with Gasteiger partial charge in [0.05, 0.1) is 12.0 Å². The molecule has 30 heavy (non-hydrogen) atoms. The molecule has 1 N–H and O–H groups in total. The summed E-state index contributed by atoms with van der Waals surface area (Å²) in [5.41, 5.74) is 3.65. The van der Waals surface area contributed by atoms with E-state index in [4.69, 9.17) is 4.74 Å². The molecule has 1 unspecified atom stereocenters. The number of piperidine rings is 1. The number of para-hydroxylation sites is 1. The van der Waals surface area contributed by atoms with Crippen LogP contribution in [0, 0.1) is 12.8 Å². The van der Waals surface area contributed by atoms with Gasteiger partial charge in [0.15, 0.2) is 0 Å². The van der Waals surface area contributed by atoms with Crippen molar-refractivity contribution in [1.82, 2.24) is 4.90 Å². The quantitative estimate of drug-likeness (QED) is 0.578. The van der Waals surface area contributed by atoms with Crippen LogP contribution in [0.4, 0.5) is 0 Å². The fourth-order valence-corrected chi connectivity index (χ4v) is 4.26. The zero-order valence-corrected chi connectivity index (χ0v) is 17.2. The highest BCUT2D eigenvalue weighted by atomic mass is 16.5. The van der Waals surface area contributed by atoms with E-state index in [1.807, 2.05) is 42.5 Å². The summed E-state index contributed by atoms with van der Waals surface area (Å²) in [4.78, 5) is 13.8. The number of benzene rings is 3. The second-order valence-corrected chi connectivity index (χ2v) is 7.90. The van der Waals surface area contributed by atoms with Crippen LogP contribution in [0.5, 0.6) is 11.5 Å². The Morgan fingerprint density at radius 2 is 1.60 bits per heavy atom. The minimum Gasteiger partial charge on any atom is -0.481 e. The van der Waals surface area contributed by atoms with Crippen molar-refractivity contribution in [2.45, 2.75) is 25.8 Å². The van der Waals surface area contributed by atoms with Gasteiger partial charge in [0.2, 0.25) is 0 Å². The van der Waals surface area contributed by atoms with Crippen LogP contribution < -0.4 is 4.74 Å². The van der Waals surface area contributed by atoms with E-state index in [0.29, 0.717) is 12.8 Å². The summed E-state index contributed by atoms with van der Waals surface area (Å²) in [7, 11) is 0. The molecule has 0 saturated carbocycles. The number of rotatable bonds is 6. The first-order chi connectivity index (χ1) is 14.6. The third kappa shape index (κ3) is 4.55. The van der Waals surface area contributed by atoms with Crippen LogP contribution in [0.2, 0.25) is 0 Å². The highest BCUT2D eigenvalue weighted by molar-refractivity contribution is 5.70. The van der Waals surface area contributed by atoms with E-state index < -0.39 is 5.97 Å². The van der Waals surface area contributed by atoms with E-state index in [1.54, 1.807) is 0 Å². The van der Waals surface area contributed by atoms with Crippen molar-refractivity contribution in [2.24, 2.45) is 5.92 Å². The number of carboxylic acids is 1. The molecule has 0 spiro atoms. The van der Waals surface area contributed by atoms with Crippen molar-refractivity contribution in [3.8, 4) is 11.5 Å². The van der Waals surface area contributed by atoms with Crippen LogP contribution in [0.3, 0.4) is 0 Å². The van der Waals surface area contributed by atoms with Gasteiger partial charge in [0.25, 0.3) is 0 Å². The molecule has 3 aromatic rings. The molecule has 1 saturated heterocycles. The summed E-state index contributed by atoms with van der Waals surface area (Å²) >= 11 is 0. The lowest BCUT2D eigenvalue weighted by atomic mass is 9.89. The van der Waals surface area contributed by atoms with E-state index in [1.165, 1.54) is 11.1 Å². The Labute approximate surface area is 177 Å². The Bertz CT molecular complexity index is 994. The number of nitrogens with zero attached hydrogens (tertiary/aromatic N) is 1. The number of aliphatic carboxylic acids is 1. The third-order valence-corrected chi connectivity index (χ3v) is 5.88. The van der Waals surface area contributed by atoms with Crippen molar-refractivity contribution >= 4 is 5.97 Å². The number of likely N-dealkylation sites (tertiary alicyclic amines) is 1. The maximum atomic E-state index is 11.4. The Morgan fingerprint density at radius 3 is 2.30 bits per heavy atom. The second kappa shape index (κ2) is 9.14. The van der Waals surface area contributed by atoms with Crippen LogP contribution >= 0.6 is 0 Å². The SMILES string of the molecule is Cc1ccccc1C(c1cccc(Oc2ccccc2)c1)N1CCC(C(=O)O)CC1. The van der Waals surface area contributed by atoms with Crippen molar-refractivity contribution in [3.05, 3.63) is 95.6 Å². The molecule has 1 aliphatic rings. The van der Waals surface area contributed by atoms with Crippen LogP contribution in [-0.2, 0) is 4.79 Å². The van der Waals surface area contributed by atoms with Gasteiger partial charge in [-0.2, -0.15) is 0 Å². The van der Waals surface area contributed by atoms with Gasteiger partial charge >= 0.3 is 5.97 Å². The molecule has 4 heteroatoms. The second-order valence-electron chi connectivity index (χ2n) is 7.90. The minimum absolute atomic E-state index is 0.0697. The Kier molecular flexibility index (Phi) is 6.15. The van der Waals surface area contributed by atoms with Gasteiger partial charge in [-0.1, -0.05) is 54.6 Å². The summed E-state index contributed by atoms with van der Waals surface area (Å²) in [6.07, 6.45) is 1.36. The van der Waals surface area contributed by atoms with Crippen LogP contribution in [0.15, 0.2) is 78.9 Å². The molecule has 1 atom stereocenters. The first-order valence-corrected chi connectivity index (χ1v) is 10.5. The lowest BCUT2D eigenvalue weighted by Crippen LogP contribution is -2.39. The average molecular weight is 402 g/mol. The van der Waals surface area contributed by atoms with Gasteiger partial charge in [-0.25, -0.2) is 0 Å². The van der Waals surface area contributed by atoms with E-state index in [9.17, 15) is 9.90 Å². The Hall–Kier alpha value is -3.11. The van der Waals surface area contributed by atoms with Crippen LogP contribution in [-0.4, -0.2) is 29.1 Å². The van der Waals surface area contributed by atoms with Gasteiger partial charge in [0.1, 0.15) is 11.5 Å². The molecule has 154 valence electrons. The smallest absolute Gasteiger partial charge is 0.306 e. The highest BCUT2D eigenvalue weighted by Crippen LogP contribution is 2.36. The highest BCUT2D eigenvalue weighted by Gasteiger charge is 2.30. The Balaban J connectivity index is 1.66. The molecule has 4 nitrogen and oxygen atoms in total. The van der Waals surface area contributed by atoms with E-state index >= 15 is 0 Å². The predicted octanol–water partition coefficient (Wildman–Crippen LogP) is 5.67. The number of hydrogen-bond acceptors (Lipinski definition) is 3. The monoisotopic (exact) mass is 401 g/mol. The largest absolute Gasteiger partial charge is 0.481 e. The summed E-state index contributed by atoms with van der Waals surface area (Å²) in [6, 6.07) is 26.5. The number of carboxylic acid groups (broad SMARTS) is 1. The van der Waals surface area contributed by atoms with Gasteiger partial charge in [-0.05, 0) is 73.8 Å². The van der Waals surface area contributed by atoms with E-state index in [0.717, 1.165) is 30.2 Å². The zero-order valence-electron chi connectivity index (χ0n) is 17.2. The topological polar surface area (TPSA) is 49.8 Å². The fraction of sp³-hybridized carbons (Fsp3) is 0.269. The molecule has 4 rings (SSSR count). The number of ether oxygens (including phenoxy) is 1. The first kappa shape index (κ1) is 20.2. The summed E-state index contributed by atoms with van der Waals surface area (Å²) in [6.45, 7) is 3.66. The molecule has 0 bridgehead atoms. The molecule has 1 heterocycles. The Morgan fingerprint density at radius 1 is 0.933 bits per heavy atom.